The molecule has 1 aromatic carbocycles. The second kappa shape index (κ2) is 9.13. The number of hydrogen-bond acceptors (Lipinski definition) is 5. The lowest BCUT2D eigenvalue weighted by Gasteiger charge is -2.18. The number of ether oxygens (including phenoxy) is 2. The molecule has 0 saturated heterocycles. The van der Waals surface area contributed by atoms with Crippen molar-refractivity contribution in [3.8, 4) is 0 Å². The highest BCUT2D eigenvalue weighted by molar-refractivity contribution is 5.72. The van der Waals surface area contributed by atoms with Crippen LogP contribution in [0.4, 0.5) is 0 Å². The number of nitrogens with zero attached hydrogens (tertiary/aromatic N) is 1. The minimum Gasteiger partial charge on any atom is -0.469 e. The summed E-state index contributed by atoms with van der Waals surface area (Å²) in [5.41, 5.74) is 2.02. The van der Waals surface area contributed by atoms with Crippen molar-refractivity contribution < 1.29 is 19.1 Å². The summed E-state index contributed by atoms with van der Waals surface area (Å²) in [7, 11) is 3.32. The first-order chi connectivity index (χ1) is 10.1. The summed E-state index contributed by atoms with van der Waals surface area (Å²) >= 11 is 0. The maximum atomic E-state index is 11.4. The predicted octanol–water partition coefficient (Wildman–Crippen LogP) is 1.79. The molecule has 1 rings (SSSR count). The normalized spacial score (nSPS) is 10.5. The molecule has 0 fully saturated rings. The average Bonchev–Trinajstić information content (AvgIpc) is 2.47. The molecule has 5 heteroatoms. The smallest absolute Gasteiger partial charge is 0.309 e. The third kappa shape index (κ3) is 6.40. The molecular formula is C16H23NO4. The van der Waals surface area contributed by atoms with Gasteiger partial charge in [-0.25, -0.2) is 0 Å². The van der Waals surface area contributed by atoms with Gasteiger partial charge in [0.15, 0.2) is 0 Å². The maximum absolute atomic E-state index is 11.4. The van der Waals surface area contributed by atoms with Gasteiger partial charge in [0.25, 0.3) is 0 Å². The molecule has 0 aliphatic rings. The first kappa shape index (κ1) is 17.2. The fourth-order valence-corrected chi connectivity index (χ4v) is 2.00. The highest BCUT2D eigenvalue weighted by Crippen LogP contribution is 2.12. The van der Waals surface area contributed by atoms with Gasteiger partial charge in [-0.15, -0.1) is 0 Å². The van der Waals surface area contributed by atoms with Crippen molar-refractivity contribution in [3.63, 3.8) is 0 Å². The molecule has 116 valence electrons. The predicted molar refractivity (Wildman–Crippen MR) is 79.7 cm³/mol. The zero-order valence-corrected chi connectivity index (χ0v) is 12.9. The summed E-state index contributed by atoms with van der Waals surface area (Å²) in [6.07, 6.45) is 0.627. The van der Waals surface area contributed by atoms with Crippen molar-refractivity contribution in [1.82, 2.24) is 4.90 Å². The van der Waals surface area contributed by atoms with E-state index in [1.165, 1.54) is 7.11 Å². The molecule has 1 aromatic rings. The Kier molecular flexibility index (Phi) is 7.46. The van der Waals surface area contributed by atoms with Crippen LogP contribution in [-0.2, 0) is 32.0 Å². The fraction of sp³-hybridized carbons (Fsp3) is 0.500. The van der Waals surface area contributed by atoms with Crippen molar-refractivity contribution in [1.29, 1.82) is 0 Å². The zero-order chi connectivity index (χ0) is 15.7. The lowest BCUT2D eigenvalue weighted by Crippen LogP contribution is -2.23. The first-order valence-electron chi connectivity index (χ1n) is 7.04. The van der Waals surface area contributed by atoms with E-state index in [4.69, 9.17) is 9.47 Å². The Hall–Kier alpha value is -1.88. The molecule has 0 bridgehead atoms. The number of methoxy groups -OCH3 is 1. The van der Waals surface area contributed by atoms with Gasteiger partial charge in [-0.3, -0.25) is 9.59 Å². The molecule has 0 N–H and O–H groups in total. The Morgan fingerprint density at radius 1 is 1.14 bits per heavy atom. The summed E-state index contributed by atoms with van der Waals surface area (Å²) in [5.74, 6) is -0.441. The van der Waals surface area contributed by atoms with Crippen LogP contribution in [0, 0.1) is 0 Å². The Balaban J connectivity index is 2.57. The van der Waals surface area contributed by atoms with Crippen LogP contribution in [0.5, 0.6) is 0 Å². The Morgan fingerprint density at radius 2 is 1.81 bits per heavy atom. The Bertz CT molecular complexity index is 473. The largest absolute Gasteiger partial charge is 0.469 e. The highest BCUT2D eigenvalue weighted by Gasteiger charge is 2.10. The number of rotatable bonds is 8. The van der Waals surface area contributed by atoms with Gasteiger partial charge in [0.05, 0.1) is 26.6 Å². The van der Waals surface area contributed by atoms with Gasteiger partial charge in [0.2, 0.25) is 0 Å². The molecule has 0 atom stereocenters. The molecule has 21 heavy (non-hydrogen) atoms. The van der Waals surface area contributed by atoms with Crippen molar-refractivity contribution in [2.75, 3.05) is 27.3 Å². The van der Waals surface area contributed by atoms with Crippen LogP contribution in [-0.4, -0.2) is 44.1 Å². The standard InChI is InChI=1S/C16H23NO4/c1-4-21-15(18)9-10-17(2)12-14-8-6-5-7-13(14)11-16(19)20-3/h5-8H,4,9-12H2,1-3H3. The SMILES string of the molecule is CCOC(=O)CCN(C)Cc1ccccc1CC(=O)OC. The van der Waals surface area contributed by atoms with E-state index in [1.807, 2.05) is 36.2 Å². The molecule has 0 saturated carbocycles. The Labute approximate surface area is 125 Å². The quantitative estimate of drug-likeness (QED) is 0.684. The second-order valence-corrected chi connectivity index (χ2v) is 4.81. The van der Waals surface area contributed by atoms with E-state index in [-0.39, 0.29) is 18.4 Å². The van der Waals surface area contributed by atoms with Crippen LogP contribution in [0.15, 0.2) is 24.3 Å². The van der Waals surface area contributed by atoms with Gasteiger partial charge in [-0.2, -0.15) is 0 Å². The molecule has 0 radical (unpaired) electrons. The van der Waals surface area contributed by atoms with Crippen LogP contribution in [0.1, 0.15) is 24.5 Å². The van der Waals surface area contributed by atoms with Gasteiger partial charge in [-0.05, 0) is 25.1 Å². The van der Waals surface area contributed by atoms with Crippen molar-refractivity contribution in [2.24, 2.45) is 0 Å². The van der Waals surface area contributed by atoms with Crippen molar-refractivity contribution in [3.05, 3.63) is 35.4 Å². The minimum atomic E-state index is -0.253. The summed E-state index contributed by atoms with van der Waals surface area (Å²) < 4.78 is 9.61. The van der Waals surface area contributed by atoms with E-state index in [9.17, 15) is 9.59 Å². The molecule has 0 spiro atoms. The number of carbonyl (C=O) groups excluding carboxylic acids is 2. The minimum absolute atomic E-state index is 0.188. The third-order valence-corrected chi connectivity index (χ3v) is 3.12. The van der Waals surface area contributed by atoms with Crippen LogP contribution in [0.3, 0.4) is 0 Å². The van der Waals surface area contributed by atoms with Gasteiger partial charge in [-0.1, -0.05) is 24.3 Å². The summed E-state index contributed by atoms with van der Waals surface area (Å²) in [6.45, 7) is 3.49. The van der Waals surface area contributed by atoms with Gasteiger partial charge < -0.3 is 14.4 Å². The summed E-state index contributed by atoms with van der Waals surface area (Å²) in [5, 5.41) is 0. The van der Waals surface area contributed by atoms with E-state index in [0.717, 1.165) is 11.1 Å². The molecule has 0 aliphatic heterocycles. The summed E-state index contributed by atoms with van der Waals surface area (Å²) in [6, 6.07) is 7.75. The Morgan fingerprint density at radius 3 is 2.43 bits per heavy atom. The number of carbonyl (C=O) groups is 2. The molecule has 0 aromatic heterocycles. The van der Waals surface area contributed by atoms with E-state index in [2.05, 4.69) is 0 Å². The lowest BCUT2D eigenvalue weighted by atomic mass is 10.0. The first-order valence-corrected chi connectivity index (χ1v) is 7.04. The van der Waals surface area contributed by atoms with Crippen LogP contribution in [0.25, 0.3) is 0 Å². The summed E-state index contributed by atoms with van der Waals surface area (Å²) in [4.78, 5) is 24.8. The van der Waals surface area contributed by atoms with E-state index in [1.54, 1.807) is 6.92 Å². The second-order valence-electron chi connectivity index (χ2n) is 4.81. The lowest BCUT2D eigenvalue weighted by molar-refractivity contribution is -0.143. The van der Waals surface area contributed by atoms with Crippen molar-refractivity contribution in [2.45, 2.75) is 26.3 Å². The molecule has 0 heterocycles. The topological polar surface area (TPSA) is 55.8 Å². The fourth-order valence-electron chi connectivity index (χ4n) is 2.00. The number of hydrogen-bond donors (Lipinski definition) is 0. The molecular weight excluding hydrogens is 270 g/mol. The number of benzene rings is 1. The molecule has 0 aliphatic carbocycles. The molecule has 5 nitrogen and oxygen atoms in total. The van der Waals surface area contributed by atoms with Gasteiger partial charge in [0.1, 0.15) is 0 Å². The van der Waals surface area contributed by atoms with Crippen LogP contribution < -0.4 is 0 Å². The van der Waals surface area contributed by atoms with Crippen LogP contribution in [0.2, 0.25) is 0 Å². The van der Waals surface area contributed by atoms with Crippen molar-refractivity contribution >= 4 is 11.9 Å². The van der Waals surface area contributed by atoms with Crippen LogP contribution >= 0.6 is 0 Å². The molecule has 0 amide bonds. The van der Waals surface area contributed by atoms with Gasteiger partial charge >= 0.3 is 11.9 Å². The van der Waals surface area contributed by atoms with E-state index < -0.39 is 0 Å². The third-order valence-electron chi connectivity index (χ3n) is 3.12. The zero-order valence-electron chi connectivity index (χ0n) is 12.9. The average molecular weight is 293 g/mol. The van der Waals surface area contributed by atoms with E-state index >= 15 is 0 Å². The maximum Gasteiger partial charge on any atom is 0.309 e. The number of esters is 2. The highest BCUT2D eigenvalue weighted by atomic mass is 16.5. The molecule has 0 unspecified atom stereocenters. The monoisotopic (exact) mass is 293 g/mol. The van der Waals surface area contributed by atoms with Gasteiger partial charge in [0, 0.05) is 13.1 Å². The van der Waals surface area contributed by atoms with E-state index in [0.29, 0.717) is 26.1 Å².